The summed E-state index contributed by atoms with van der Waals surface area (Å²) in [5.74, 6) is 0.394. The van der Waals surface area contributed by atoms with Crippen molar-refractivity contribution in [3.8, 4) is 11.1 Å². The molecular formula is C23H16ClN5OS. The number of nitrogens with one attached hydrogen (secondary N) is 1. The van der Waals surface area contributed by atoms with Gasteiger partial charge in [-0.3, -0.25) is 14.2 Å². The third-order valence-corrected chi connectivity index (χ3v) is 6.22. The maximum atomic E-state index is 11.9. The smallest absolute Gasteiger partial charge is 0.252 e. The molecule has 0 aliphatic heterocycles. The van der Waals surface area contributed by atoms with Crippen molar-refractivity contribution in [3.05, 3.63) is 83.9 Å². The molecule has 0 aliphatic carbocycles. The van der Waals surface area contributed by atoms with Crippen LogP contribution < -0.4 is 5.32 Å². The van der Waals surface area contributed by atoms with Gasteiger partial charge in [0.25, 0.3) is 5.91 Å². The fraction of sp³-hybridized carbons (Fsp3) is 0.0435. The van der Waals surface area contributed by atoms with Crippen LogP contribution in [0.3, 0.4) is 0 Å². The predicted molar refractivity (Wildman–Crippen MR) is 123 cm³/mol. The van der Waals surface area contributed by atoms with Gasteiger partial charge in [0, 0.05) is 41.5 Å². The average molecular weight is 446 g/mol. The van der Waals surface area contributed by atoms with Gasteiger partial charge in [-0.25, -0.2) is 9.97 Å². The second kappa shape index (κ2) is 8.02. The molecule has 0 spiro atoms. The molecular weight excluding hydrogens is 430 g/mol. The Hall–Kier alpha value is -3.42. The lowest BCUT2D eigenvalue weighted by Crippen LogP contribution is -2.18. The van der Waals surface area contributed by atoms with Crippen LogP contribution in [-0.4, -0.2) is 32.3 Å². The summed E-state index contributed by atoms with van der Waals surface area (Å²) in [4.78, 5) is 26.3. The Morgan fingerprint density at radius 1 is 1.03 bits per heavy atom. The molecule has 0 unspecified atom stereocenters. The number of rotatable bonds is 4. The number of benzene rings is 2. The van der Waals surface area contributed by atoms with E-state index in [4.69, 9.17) is 11.6 Å². The molecule has 0 bridgehead atoms. The first-order chi connectivity index (χ1) is 15.1. The van der Waals surface area contributed by atoms with Gasteiger partial charge in [0.05, 0.1) is 22.3 Å². The van der Waals surface area contributed by atoms with Crippen LogP contribution in [0.1, 0.15) is 10.4 Å². The lowest BCUT2D eigenvalue weighted by molar-refractivity contribution is 0.0963. The van der Waals surface area contributed by atoms with E-state index in [-0.39, 0.29) is 5.91 Å². The Morgan fingerprint density at radius 2 is 1.90 bits per heavy atom. The van der Waals surface area contributed by atoms with E-state index >= 15 is 0 Å². The monoisotopic (exact) mass is 445 g/mol. The first-order valence-electron chi connectivity index (χ1n) is 9.50. The molecule has 6 nitrogen and oxygen atoms in total. The number of carbonyl (C=O) groups is 1. The fourth-order valence-corrected chi connectivity index (χ4v) is 4.50. The van der Waals surface area contributed by atoms with E-state index < -0.39 is 0 Å². The van der Waals surface area contributed by atoms with Crippen LogP contribution >= 0.6 is 23.4 Å². The number of halogens is 1. The van der Waals surface area contributed by atoms with Gasteiger partial charge in [-0.2, -0.15) is 0 Å². The molecule has 5 aromatic rings. The molecule has 0 saturated carbocycles. The Kier molecular flexibility index (Phi) is 5.05. The normalized spacial score (nSPS) is 11.2. The zero-order valence-corrected chi connectivity index (χ0v) is 18.0. The van der Waals surface area contributed by atoms with Crippen molar-refractivity contribution in [1.82, 2.24) is 24.7 Å². The minimum Gasteiger partial charge on any atom is -0.355 e. The zero-order valence-electron chi connectivity index (χ0n) is 16.4. The quantitative estimate of drug-likeness (QED) is 0.416. The van der Waals surface area contributed by atoms with Crippen LogP contribution in [0.2, 0.25) is 5.02 Å². The second-order valence-corrected chi connectivity index (χ2v) is 8.34. The fourth-order valence-electron chi connectivity index (χ4n) is 3.33. The van der Waals surface area contributed by atoms with E-state index in [1.807, 2.05) is 47.1 Å². The van der Waals surface area contributed by atoms with E-state index in [1.165, 1.54) is 0 Å². The third kappa shape index (κ3) is 3.73. The van der Waals surface area contributed by atoms with E-state index in [0.717, 1.165) is 32.0 Å². The van der Waals surface area contributed by atoms with Gasteiger partial charge in [0.1, 0.15) is 5.03 Å². The van der Waals surface area contributed by atoms with Gasteiger partial charge in [0.2, 0.25) is 5.78 Å². The van der Waals surface area contributed by atoms with Crippen molar-refractivity contribution in [2.75, 3.05) is 7.05 Å². The summed E-state index contributed by atoms with van der Waals surface area (Å²) in [6, 6.07) is 15.5. The van der Waals surface area contributed by atoms with Gasteiger partial charge in [-0.15, -0.1) is 0 Å². The number of hydrogen-bond acceptors (Lipinski definition) is 5. The van der Waals surface area contributed by atoms with Gasteiger partial charge in [-0.05, 0) is 42.0 Å². The third-order valence-electron chi connectivity index (χ3n) is 4.90. The highest BCUT2D eigenvalue weighted by atomic mass is 35.5. The van der Waals surface area contributed by atoms with E-state index in [9.17, 15) is 4.79 Å². The van der Waals surface area contributed by atoms with Crippen molar-refractivity contribution < 1.29 is 4.79 Å². The highest BCUT2D eigenvalue weighted by Crippen LogP contribution is 2.31. The standard InChI is InChI=1S/C23H16ClN5OS/c1-25-22(30)18-6-4-14(10-19(18)24)16-11-27-23-28-12-21(29(23)13-16)31-17-5-7-20-15(9-17)3-2-8-26-20/h2-13H,1H3,(H,25,30). The molecule has 5 rings (SSSR count). The number of fused-ring (bicyclic) bond motifs is 2. The Labute approximate surface area is 187 Å². The number of aromatic nitrogens is 4. The van der Waals surface area contributed by atoms with Crippen LogP contribution in [0, 0.1) is 0 Å². The number of amides is 1. The van der Waals surface area contributed by atoms with Gasteiger partial charge < -0.3 is 5.32 Å². The first kappa shape index (κ1) is 19.5. The molecule has 2 aromatic carbocycles. The first-order valence-corrected chi connectivity index (χ1v) is 10.7. The van der Waals surface area contributed by atoms with Crippen LogP contribution in [-0.2, 0) is 0 Å². The number of pyridine rings is 1. The van der Waals surface area contributed by atoms with Gasteiger partial charge in [0.15, 0.2) is 0 Å². The van der Waals surface area contributed by atoms with Crippen molar-refractivity contribution >= 4 is 46.0 Å². The van der Waals surface area contributed by atoms with Gasteiger partial charge in [-0.1, -0.05) is 35.5 Å². The van der Waals surface area contributed by atoms with E-state index in [2.05, 4.69) is 26.3 Å². The van der Waals surface area contributed by atoms with Gasteiger partial charge >= 0.3 is 0 Å². The molecule has 0 saturated heterocycles. The van der Waals surface area contributed by atoms with Crippen LogP contribution in [0.4, 0.5) is 0 Å². The Balaban J connectivity index is 1.51. The maximum Gasteiger partial charge on any atom is 0.252 e. The molecule has 0 aliphatic rings. The molecule has 3 aromatic heterocycles. The summed E-state index contributed by atoms with van der Waals surface area (Å²) in [6.45, 7) is 0. The molecule has 8 heteroatoms. The van der Waals surface area contributed by atoms with E-state index in [1.54, 1.807) is 43.3 Å². The minimum absolute atomic E-state index is 0.219. The average Bonchev–Trinajstić information content (AvgIpc) is 3.20. The molecule has 1 N–H and O–H groups in total. The molecule has 0 fully saturated rings. The largest absolute Gasteiger partial charge is 0.355 e. The Morgan fingerprint density at radius 3 is 2.74 bits per heavy atom. The summed E-state index contributed by atoms with van der Waals surface area (Å²) < 4.78 is 1.95. The van der Waals surface area contributed by atoms with Crippen molar-refractivity contribution in [3.63, 3.8) is 0 Å². The second-order valence-electron chi connectivity index (χ2n) is 6.84. The molecule has 0 radical (unpaired) electrons. The molecule has 1 amide bonds. The lowest BCUT2D eigenvalue weighted by atomic mass is 10.1. The van der Waals surface area contributed by atoms with Crippen molar-refractivity contribution in [2.45, 2.75) is 9.92 Å². The zero-order chi connectivity index (χ0) is 21.4. The van der Waals surface area contributed by atoms with Crippen LogP contribution in [0.5, 0.6) is 0 Å². The highest BCUT2D eigenvalue weighted by Gasteiger charge is 2.12. The van der Waals surface area contributed by atoms with Crippen LogP contribution in [0.25, 0.3) is 27.8 Å². The van der Waals surface area contributed by atoms with Crippen LogP contribution in [0.15, 0.2) is 83.2 Å². The number of carbonyl (C=O) groups excluding carboxylic acids is 1. The summed E-state index contributed by atoms with van der Waals surface area (Å²) in [7, 11) is 1.58. The predicted octanol–water partition coefficient (Wildman–Crippen LogP) is 5.11. The SMILES string of the molecule is CNC(=O)c1ccc(-c2cnc3ncc(Sc4ccc5ncccc5c4)n3c2)cc1Cl. The van der Waals surface area contributed by atoms with Crippen molar-refractivity contribution in [2.24, 2.45) is 0 Å². The molecule has 31 heavy (non-hydrogen) atoms. The molecule has 152 valence electrons. The Bertz CT molecular complexity index is 1450. The number of hydrogen-bond donors (Lipinski definition) is 1. The lowest BCUT2D eigenvalue weighted by Gasteiger charge is -2.08. The summed E-state index contributed by atoms with van der Waals surface area (Å²) in [6.07, 6.45) is 7.33. The highest BCUT2D eigenvalue weighted by molar-refractivity contribution is 7.99. The molecule has 3 heterocycles. The maximum absolute atomic E-state index is 11.9. The number of imidazole rings is 1. The van der Waals surface area contributed by atoms with Crippen molar-refractivity contribution in [1.29, 1.82) is 0 Å². The summed E-state index contributed by atoms with van der Waals surface area (Å²) in [5, 5.41) is 5.01. The number of nitrogens with zero attached hydrogens (tertiary/aromatic N) is 4. The summed E-state index contributed by atoms with van der Waals surface area (Å²) in [5.41, 5.74) is 3.14. The minimum atomic E-state index is -0.219. The van der Waals surface area contributed by atoms with E-state index in [0.29, 0.717) is 16.4 Å². The topological polar surface area (TPSA) is 72.2 Å². The summed E-state index contributed by atoms with van der Waals surface area (Å²) >= 11 is 7.94. The molecule has 0 atom stereocenters.